The van der Waals surface area contributed by atoms with Gasteiger partial charge in [0.25, 0.3) is 0 Å². The van der Waals surface area contributed by atoms with Gasteiger partial charge in [0.2, 0.25) is 0 Å². The van der Waals surface area contributed by atoms with E-state index >= 15 is 0 Å². The molecule has 4 nitrogen and oxygen atoms in total. The van der Waals surface area contributed by atoms with Gasteiger partial charge in [0.05, 0.1) is 11.7 Å². The van der Waals surface area contributed by atoms with Gasteiger partial charge in [0, 0.05) is 19.4 Å². The van der Waals surface area contributed by atoms with Crippen LogP contribution < -0.4 is 0 Å². The van der Waals surface area contributed by atoms with Gasteiger partial charge >= 0.3 is 5.97 Å². The first kappa shape index (κ1) is 11.5. The highest BCUT2D eigenvalue weighted by Crippen LogP contribution is 2.30. The van der Waals surface area contributed by atoms with Crippen molar-refractivity contribution in [3.8, 4) is 0 Å². The molecule has 0 radical (unpaired) electrons. The second-order valence-electron chi connectivity index (χ2n) is 3.97. The summed E-state index contributed by atoms with van der Waals surface area (Å²) in [5.41, 5.74) is -0.822. The van der Waals surface area contributed by atoms with Gasteiger partial charge in [0.1, 0.15) is 0 Å². The lowest BCUT2D eigenvalue weighted by Crippen LogP contribution is -2.40. The van der Waals surface area contributed by atoms with Crippen molar-refractivity contribution >= 4 is 5.97 Å². The number of aliphatic hydroxyl groups is 1. The maximum absolute atomic E-state index is 10.4. The van der Waals surface area contributed by atoms with E-state index in [4.69, 9.17) is 9.84 Å². The van der Waals surface area contributed by atoms with E-state index in [-0.39, 0.29) is 12.5 Å². The molecular weight excluding hydrogens is 184 g/mol. The Labute approximate surface area is 83.9 Å². The fraction of sp³-hybridized carbons (Fsp3) is 0.900. The third kappa shape index (κ3) is 3.27. The Morgan fingerprint density at radius 3 is 2.93 bits per heavy atom. The van der Waals surface area contributed by atoms with Gasteiger partial charge in [-0.2, -0.15) is 0 Å². The zero-order chi connectivity index (χ0) is 10.6. The minimum absolute atomic E-state index is 0.0347. The van der Waals surface area contributed by atoms with Gasteiger partial charge < -0.3 is 14.9 Å². The van der Waals surface area contributed by atoms with Crippen molar-refractivity contribution in [2.24, 2.45) is 0 Å². The van der Waals surface area contributed by atoms with Gasteiger partial charge in [-0.15, -0.1) is 0 Å². The number of hydrogen-bond acceptors (Lipinski definition) is 3. The minimum Gasteiger partial charge on any atom is -0.481 e. The molecule has 0 aromatic carbocycles. The van der Waals surface area contributed by atoms with Crippen LogP contribution in [0.25, 0.3) is 0 Å². The lowest BCUT2D eigenvalue weighted by Gasteiger charge is -2.36. The largest absolute Gasteiger partial charge is 0.481 e. The summed E-state index contributed by atoms with van der Waals surface area (Å²) in [6.07, 6.45) is 2.44. The van der Waals surface area contributed by atoms with Crippen LogP contribution in [0.3, 0.4) is 0 Å². The Balaban J connectivity index is 2.42. The number of carbonyl (C=O) groups is 1. The molecule has 0 spiro atoms. The van der Waals surface area contributed by atoms with Crippen molar-refractivity contribution in [1.82, 2.24) is 0 Å². The molecule has 1 saturated heterocycles. The standard InChI is InChI=1S/C10H18O4/c1-2-8-7-10(13,5-6-14-8)4-3-9(11)12/h8,13H,2-7H2,1H3,(H,11,12). The van der Waals surface area contributed by atoms with E-state index in [2.05, 4.69) is 0 Å². The van der Waals surface area contributed by atoms with Crippen molar-refractivity contribution in [3.63, 3.8) is 0 Å². The van der Waals surface area contributed by atoms with Crippen LogP contribution >= 0.6 is 0 Å². The summed E-state index contributed by atoms with van der Waals surface area (Å²) in [7, 11) is 0. The molecule has 1 fully saturated rings. The molecular formula is C10H18O4. The van der Waals surface area contributed by atoms with Crippen LogP contribution in [0.4, 0.5) is 0 Å². The summed E-state index contributed by atoms with van der Waals surface area (Å²) >= 11 is 0. The Morgan fingerprint density at radius 2 is 2.36 bits per heavy atom. The van der Waals surface area contributed by atoms with Crippen LogP contribution in [-0.2, 0) is 9.53 Å². The van der Waals surface area contributed by atoms with Crippen molar-refractivity contribution in [2.45, 2.75) is 50.7 Å². The maximum Gasteiger partial charge on any atom is 0.303 e. The average Bonchev–Trinajstić information content (AvgIpc) is 2.15. The first-order valence-corrected chi connectivity index (χ1v) is 5.11. The smallest absolute Gasteiger partial charge is 0.303 e. The number of ether oxygens (including phenoxy) is 1. The highest BCUT2D eigenvalue weighted by atomic mass is 16.5. The third-order valence-electron chi connectivity index (χ3n) is 2.79. The number of carboxylic acid groups (broad SMARTS) is 1. The molecule has 2 N–H and O–H groups in total. The van der Waals surface area contributed by atoms with Crippen LogP contribution in [0.2, 0.25) is 0 Å². The lowest BCUT2D eigenvalue weighted by atomic mass is 9.85. The van der Waals surface area contributed by atoms with E-state index in [9.17, 15) is 9.90 Å². The molecule has 1 aliphatic rings. The van der Waals surface area contributed by atoms with Crippen LogP contribution in [0.1, 0.15) is 39.0 Å². The van der Waals surface area contributed by atoms with Crippen LogP contribution in [0.5, 0.6) is 0 Å². The Bertz CT molecular complexity index is 204. The zero-order valence-electron chi connectivity index (χ0n) is 8.53. The predicted molar refractivity (Wildman–Crippen MR) is 51.1 cm³/mol. The van der Waals surface area contributed by atoms with Gasteiger partial charge in [0.15, 0.2) is 0 Å². The molecule has 1 aliphatic heterocycles. The summed E-state index contributed by atoms with van der Waals surface area (Å²) in [5.74, 6) is -0.849. The quantitative estimate of drug-likeness (QED) is 0.718. The second-order valence-corrected chi connectivity index (χ2v) is 3.97. The summed E-state index contributed by atoms with van der Waals surface area (Å²) in [6, 6.07) is 0. The van der Waals surface area contributed by atoms with Crippen molar-refractivity contribution in [1.29, 1.82) is 0 Å². The Hall–Kier alpha value is -0.610. The Morgan fingerprint density at radius 1 is 1.64 bits per heavy atom. The van der Waals surface area contributed by atoms with Crippen molar-refractivity contribution in [2.75, 3.05) is 6.61 Å². The normalized spacial score (nSPS) is 32.9. The summed E-state index contributed by atoms with van der Waals surface area (Å²) in [4.78, 5) is 10.4. The number of rotatable bonds is 4. The molecule has 0 saturated carbocycles. The molecule has 2 unspecified atom stereocenters. The van der Waals surface area contributed by atoms with E-state index in [1.165, 1.54) is 0 Å². The first-order valence-electron chi connectivity index (χ1n) is 5.11. The van der Waals surface area contributed by atoms with E-state index in [1.807, 2.05) is 6.92 Å². The second kappa shape index (κ2) is 4.75. The molecule has 0 aromatic heterocycles. The van der Waals surface area contributed by atoms with Gasteiger partial charge in [-0.3, -0.25) is 4.79 Å². The molecule has 1 heterocycles. The van der Waals surface area contributed by atoms with Gasteiger partial charge in [-0.1, -0.05) is 6.92 Å². The molecule has 0 aliphatic carbocycles. The van der Waals surface area contributed by atoms with E-state index in [0.29, 0.717) is 25.9 Å². The average molecular weight is 202 g/mol. The highest BCUT2D eigenvalue weighted by molar-refractivity contribution is 5.66. The first-order chi connectivity index (χ1) is 6.56. The zero-order valence-corrected chi connectivity index (χ0v) is 8.53. The summed E-state index contributed by atoms with van der Waals surface area (Å²) < 4.78 is 5.42. The highest BCUT2D eigenvalue weighted by Gasteiger charge is 2.34. The van der Waals surface area contributed by atoms with Crippen molar-refractivity contribution in [3.05, 3.63) is 0 Å². The fourth-order valence-corrected chi connectivity index (χ4v) is 1.83. The summed E-state index contributed by atoms with van der Waals surface area (Å²) in [5, 5.41) is 18.6. The monoisotopic (exact) mass is 202 g/mol. The van der Waals surface area contributed by atoms with E-state index < -0.39 is 11.6 Å². The van der Waals surface area contributed by atoms with Gasteiger partial charge in [-0.05, 0) is 19.3 Å². The van der Waals surface area contributed by atoms with Crippen molar-refractivity contribution < 1.29 is 19.7 Å². The molecule has 82 valence electrons. The maximum atomic E-state index is 10.4. The number of aliphatic carboxylic acids is 1. The SMILES string of the molecule is CCC1CC(O)(CCC(=O)O)CCO1. The van der Waals surface area contributed by atoms with Crippen LogP contribution in [0, 0.1) is 0 Å². The number of carboxylic acids is 1. The minimum atomic E-state index is -0.849. The lowest BCUT2D eigenvalue weighted by molar-refractivity contribution is -0.142. The molecule has 1 rings (SSSR count). The molecule has 0 bridgehead atoms. The van der Waals surface area contributed by atoms with E-state index in [0.717, 1.165) is 6.42 Å². The van der Waals surface area contributed by atoms with Crippen LogP contribution in [-0.4, -0.2) is 34.5 Å². The molecule has 0 aromatic rings. The molecule has 2 atom stereocenters. The summed E-state index contributed by atoms with van der Waals surface area (Å²) in [6.45, 7) is 2.54. The molecule has 4 heteroatoms. The molecule has 0 amide bonds. The Kier molecular flexibility index (Phi) is 3.89. The molecule has 14 heavy (non-hydrogen) atoms. The fourth-order valence-electron chi connectivity index (χ4n) is 1.83. The van der Waals surface area contributed by atoms with E-state index in [1.54, 1.807) is 0 Å². The number of hydrogen-bond donors (Lipinski definition) is 2. The third-order valence-corrected chi connectivity index (χ3v) is 2.79. The topological polar surface area (TPSA) is 66.8 Å². The van der Waals surface area contributed by atoms with Gasteiger partial charge in [-0.25, -0.2) is 0 Å². The predicted octanol–water partition coefficient (Wildman–Crippen LogP) is 1.17. The van der Waals surface area contributed by atoms with Crippen LogP contribution in [0.15, 0.2) is 0 Å².